The maximum Gasteiger partial charge on any atom is 0.338 e. The van der Waals surface area contributed by atoms with Gasteiger partial charge in [-0.1, -0.05) is 57.3 Å². The van der Waals surface area contributed by atoms with Gasteiger partial charge in [-0.2, -0.15) is 0 Å². The third kappa shape index (κ3) is 5.23. The third-order valence-electron chi connectivity index (χ3n) is 2.92. The second kappa shape index (κ2) is 8.34. The van der Waals surface area contributed by atoms with E-state index in [1.54, 1.807) is 0 Å². The van der Waals surface area contributed by atoms with Gasteiger partial charge in [0.2, 0.25) is 0 Å². The molecule has 0 aliphatic rings. The van der Waals surface area contributed by atoms with Crippen LogP contribution in [0.25, 0.3) is 0 Å². The van der Waals surface area contributed by atoms with Gasteiger partial charge in [0.15, 0.2) is 6.61 Å². The molecule has 0 heterocycles. The maximum atomic E-state index is 11.8. The van der Waals surface area contributed by atoms with Crippen molar-refractivity contribution in [2.75, 3.05) is 6.61 Å². The van der Waals surface area contributed by atoms with Gasteiger partial charge in [-0.25, -0.2) is 4.79 Å². The first-order valence-electron chi connectivity index (χ1n) is 6.59. The van der Waals surface area contributed by atoms with E-state index in [0.717, 1.165) is 10.0 Å². The number of rotatable bonds is 5. The zero-order chi connectivity index (χ0) is 16.8. The number of nitrogens with one attached hydrogen (secondary N) is 1. The van der Waals surface area contributed by atoms with Crippen molar-refractivity contribution in [3.63, 3.8) is 0 Å². The molecule has 0 spiro atoms. The van der Waals surface area contributed by atoms with Crippen LogP contribution in [0.3, 0.4) is 0 Å². The van der Waals surface area contributed by atoms with Crippen molar-refractivity contribution in [1.82, 2.24) is 5.32 Å². The molecule has 0 radical (unpaired) electrons. The van der Waals surface area contributed by atoms with Crippen LogP contribution < -0.4 is 5.32 Å². The molecule has 2 rings (SSSR count). The van der Waals surface area contributed by atoms with Crippen molar-refractivity contribution in [2.24, 2.45) is 0 Å². The van der Waals surface area contributed by atoms with E-state index in [2.05, 4.69) is 21.2 Å². The Labute approximate surface area is 151 Å². The molecule has 0 unspecified atom stereocenters. The third-order valence-corrected chi connectivity index (χ3v) is 4.44. The van der Waals surface area contributed by atoms with E-state index in [0.29, 0.717) is 11.6 Å². The molecule has 0 fully saturated rings. The Bertz CT molecular complexity index is 737. The Morgan fingerprint density at radius 2 is 1.83 bits per heavy atom. The van der Waals surface area contributed by atoms with Crippen molar-refractivity contribution in [3.8, 4) is 0 Å². The molecule has 1 amide bonds. The minimum Gasteiger partial charge on any atom is -0.452 e. The van der Waals surface area contributed by atoms with E-state index in [-0.39, 0.29) is 17.2 Å². The van der Waals surface area contributed by atoms with Gasteiger partial charge in [0.05, 0.1) is 15.6 Å². The van der Waals surface area contributed by atoms with Gasteiger partial charge in [0, 0.05) is 11.0 Å². The lowest BCUT2D eigenvalue weighted by atomic mass is 10.2. The highest BCUT2D eigenvalue weighted by atomic mass is 79.9. The summed E-state index contributed by atoms with van der Waals surface area (Å²) in [5.41, 5.74) is 1.16. The molecule has 0 saturated heterocycles. The summed E-state index contributed by atoms with van der Waals surface area (Å²) in [4.78, 5) is 23.6. The normalized spacial score (nSPS) is 10.2. The quantitative estimate of drug-likeness (QED) is 0.742. The fourth-order valence-corrected chi connectivity index (χ4v) is 2.45. The molecule has 120 valence electrons. The van der Waals surface area contributed by atoms with Crippen LogP contribution in [0.4, 0.5) is 0 Å². The van der Waals surface area contributed by atoms with Crippen LogP contribution >= 0.6 is 39.1 Å². The predicted octanol–water partition coefficient (Wildman–Crippen LogP) is 4.23. The van der Waals surface area contributed by atoms with Crippen molar-refractivity contribution >= 4 is 51.0 Å². The molecular formula is C16H12BrCl2NO3. The van der Waals surface area contributed by atoms with Crippen molar-refractivity contribution in [3.05, 3.63) is 68.1 Å². The second-order valence-corrected chi connectivity index (χ2v) is 6.24. The molecule has 2 aromatic rings. The van der Waals surface area contributed by atoms with Crippen molar-refractivity contribution in [2.45, 2.75) is 6.54 Å². The number of carbonyl (C=O) groups is 2. The monoisotopic (exact) mass is 415 g/mol. The standard InChI is InChI=1S/C16H12BrCl2NO3/c17-12-4-2-1-3-11(12)8-20-15(21)9-23-16(22)10-5-6-13(18)14(19)7-10/h1-7H,8-9H2,(H,20,21). The summed E-state index contributed by atoms with van der Waals surface area (Å²) < 4.78 is 5.84. The van der Waals surface area contributed by atoms with Gasteiger partial charge in [-0.3, -0.25) is 4.79 Å². The topological polar surface area (TPSA) is 55.4 Å². The average molecular weight is 417 g/mol. The van der Waals surface area contributed by atoms with Crippen LogP contribution in [0.2, 0.25) is 10.0 Å². The molecule has 7 heteroatoms. The van der Waals surface area contributed by atoms with Crippen LogP contribution in [-0.4, -0.2) is 18.5 Å². The Kier molecular flexibility index (Phi) is 6.45. The number of ether oxygens (including phenoxy) is 1. The summed E-state index contributed by atoms with van der Waals surface area (Å²) in [7, 11) is 0. The molecule has 2 aromatic carbocycles. The Morgan fingerprint density at radius 1 is 1.09 bits per heavy atom. The van der Waals surface area contributed by atoms with Gasteiger partial charge in [-0.05, 0) is 29.8 Å². The maximum absolute atomic E-state index is 11.8. The number of halogens is 3. The summed E-state index contributed by atoms with van der Waals surface area (Å²) in [6, 6.07) is 11.9. The van der Waals surface area contributed by atoms with Gasteiger partial charge < -0.3 is 10.1 Å². The van der Waals surface area contributed by atoms with Crippen LogP contribution in [0.5, 0.6) is 0 Å². The molecule has 4 nitrogen and oxygen atoms in total. The minimum atomic E-state index is -0.639. The Morgan fingerprint density at radius 3 is 2.52 bits per heavy atom. The second-order valence-electron chi connectivity index (χ2n) is 4.57. The SMILES string of the molecule is O=C(COC(=O)c1ccc(Cl)c(Cl)c1)NCc1ccccc1Br. The van der Waals surface area contributed by atoms with Crippen LogP contribution in [0.15, 0.2) is 46.9 Å². The lowest BCUT2D eigenvalue weighted by Crippen LogP contribution is -2.28. The van der Waals surface area contributed by atoms with Gasteiger partial charge in [0.25, 0.3) is 5.91 Å². The average Bonchev–Trinajstić information content (AvgIpc) is 2.54. The smallest absolute Gasteiger partial charge is 0.338 e. The zero-order valence-corrected chi connectivity index (χ0v) is 14.9. The van der Waals surface area contributed by atoms with E-state index in [4.69, 9.17) is 27.9 Å². The number of esters is 1. The molecule has 23 heavy (non-hydrogen) atoms. The Balaban J connectivity index is 1.83. The van der Waals surface area contributed by atoms with Gasteiger partial charge in [0.1, 0.15) is 0 Å². The van der Waals surface area contributed by atoms with E-state index in [9.17, 15) is 9.59 Å². The number of hydrogen-bond donors (Lipinski definition) is 1. The number of amides is 1. The summed E-state index contributed by atoms with van der Waals surface area (Å²) in [6.07, 6.45) is 0. The van der Waals surface area contributed by atoms with E-state index >= 15 is 0 Å². The summed E-state index contributed by atoms with van der Waals surface area (Å²) in [5, 5.41) is 3.27. The largest absolute Gasteiger partial charge is 0.452 e. The molecule has 0 aliphatic carbocycles. The predicted molar refractivity (Wildman–Crippen MR) is 92.7 cm³/mol. The van der Waals surface area contributed by atoms with E-state index in [1.165, 1.54) is 18.2 Å². The molecule has 0 atom stereocenters. The van der Waals surface area contributed by atoms with Gasteiger partial charge >= 0.3 is 5.97 Å². The molecule has 0 bridgehead atoms. The zero-order valence-electron chi connectivity index (χ0n) is 11.8. The molecule has 0 aliphatic heterocycles. The van der Waals surface area contributed by atoms with Gasteiger partial charge in [-0.15, -0.1) is 0 Å². The molecular weight excluding hydrogens is 405 g/mol. The minimum absolute atomic E-state index is 0.234. The summed E-state index contributed by atoms with van der Waals surface area (Å²) in [6.45, 7) is -0.0336. The highest BCUT2D eigenvalue weighted by Gasteiger charge is 2.12. The Hall–Kier alpha value is -1.56. The van der Waals surface area contributed by atoms with Crippen molar-refractivity contribution < 1.29 is 14.3 Å². The first-order valence-corrected chi connectivity index (χ1v) is 8.14. The number of benzene rings is 2. The van der Waals surface area contributed by atoms with Crippen LogP contribution in [-0.2, 0) is 16.1 Å². The van der Waals surface area contributed by atoms with Crippen LogP contribution in [0, 0.1) is 0 Å². The fraction of sp³-hybridized carbons (Fsp3) is 0.125. The summed E-state index contributed by atoms with van der Waals surface area (Å²) in [5.74, 6) is -1.03. The lowest BCUT2D eigenvalue weighted by Gasteiger charge is -2.08. The summed E-state index contributed by atoms with van der Waals surface area (Å²) >= 11 is 15.0. The molecule has 0 saturated carbocycles. The number of hydrogen-bond acceptors (Lipinski definition) is 3. The van der Waals surface area contributed by atoms with E-state index < -0.39 is 11.9 Å². The van der Waals surface area contributed by atoms with Crippen LogP contribution in [0.1, 0.15) is 15.9 Å². The van der Waals surface area contributed by atoms with Crippen molar-refractivity contribution in [1.29, 1.82) is 0 Å². The lowest BCUT2D eigenvalue weighted by molar-refractivity contribution is -0.124. The highest BCUT2D eigenvalue weighted by molar-refractivity contribution is 9.10. The molecule has 0 aromatic heterocycles. The molecule has 1 N–H and O–H groups in total. The van der Waals surface area contributed by atoms with E-state index in [1.807, 2.05) is 24.3 Å². The first kappa shape index (κ1) is 17.8. The number of carbonyl (C=O) groups excluding carboxylic acids is 2. The highest BCUT2D eigenvalue weighted by Crippen LogP contribution is 2.22. The fourth-order valence-electron chi connectivity index (χ4n) is 1.72. The first-order chi connectivity index (χ1) is 11.0.